The Morgan fingerprint density at radius 2 is 2.00 bits per heavy atom. The van der Waals surface area contributed by atoms with E-state index in [0.717, 1.165) is 18.4 Å². The zero-order valence-corrected chi connectivity index (χ0v) is 9.15. The minimum Gasteiger partial charge on any atom is -0.508 e. The molecule has 88 valence electrons. The van der Waals surface area contributed by atoms with Gasteiger partial charge in [-0.25, -0.2) is 0 Å². The van der Waals surface area contributed by atoms with E-state index in [-0.39, 0.29) is 11.5 Å². The van der Waals surface area contributed by atoms with Crippen molar-refractivity contribution in [1.29, 1.82) is 0 Å². The van der Waals surface area contributed by atoms with Crippen molar-refractivity contribution in [3.05, 3.63) is 23.8 Å². The van der Waals surface area contributed by atoms with Crippen LogP contribution < -0.4 is 5.48 Å². The smallest absolute Gasteiger partial charge is 0.123 e. The molecule has 1 aliphatic rings. The fourth-order valence-electron chi connectivity index (χ4n) is 1.95. The lowest BCUT2D eigenvalue weighted by molar-refractivity contribution is -0.0246. The molecule has 0 saturated heterocycles. The van der Waals surface area contributed by atoms with Crippen LogP contribution in [0.2, 0.25) is 0 Å². The van der Waals surface area contributed by atoms with Crippen LogP contribution in [0.3, 0.4) is 0 Å². The van der Waals surface area contributed by atoms with Gasteiger partial charge in [-0.3, -0.25) is 4.84 Å². The summed E-state index contributed by atoms with van der Waals surface area (Å²) in [4.78, 5) is 5.47. The van der Waals surface area contributed by atoms with Crippen LogP contribution in [0.5, 0.6) is 11.5 Å². The first-order valence-electron chi connectivity index (χ1n) is 5.65. The maximum Gasteiger partial charge on any atom is 0.123 e. The first-order valence-corrected chi connectivity index (χ1v) is 5.65. The monoisotopic (exact) mass is 223 g/mol. The van der Waals surface area contributed by atoms with Gasteiger partial charge in [-0.05, 0) is 18.9 Å². The average molecular weight is 223 g/mol. The largest absolute Gasteiger partial charge is 0.508 e. The molecule has 16 heavy (non-hydrogen) atoms. The van der Waals surface area contributed by atoms with Crippen LogP contribution >= 0.6 is 0 Å². The van der Waals surface area contributed by atoms with E-state index in [1.165, 1.54) is 18.9 Å². The zero-order chi connectivity index (χ0) is 11.4. The highest BCUT2D eigenvalue weighted by Gasteiger charge is 2.15. The Bertz CT molecular complexity index is 348. The Kier molecular flexibility index (Phi) is 3.64. The minimum absolute atomic E-state index is 0.0676. The summed E-state index contributed by atoms with van der Waals surface area (Å²) in [5.41, 5.74) is 3.58. The van der Waals surface area contributed by atoms with E-state index in [1.54, 1.807) is 12.1 Å². The van der Waals surface area contributed by atoms with Crippen LogP contribution in [0.4, 0.5) is 0 Å². The Balaban J connectivity index is 1.80. The fourth-order valence-corrected chi connectivity index (χ4v) is 1.95. The molecule has 4 heteroatoms. The van der Waals surface area contributed by atoms with Gasteiger partial charge in [0.1, 0.15) is 11.5 Å². The van der Waals surface area contributed by atoms with Crippen LogP contribution in [-0.2, 0) is 11.4 Å². The second kappa shape index (κ2) is 5.18. The van der Waals surface area contributed by atoms with Gasteiger partial charge >= 0.3 is 0 Å². The summed E-state index contributed by atoms with van der Waals surface area (Å²) in [5, 5.41) is 18.7. The molecular weight excluding hydrogens is 206 g/mol. The lowest BCUT2D eigenvalue weighted by atomic mass is 10.2. The van der Waals surface area contributed by atoms with Gasteiger partial charge in [-0.1, -0.05) is 18.9 Å². The third kappa shape index (κ3) is 2.87. The second-order valence-electron chi connectivity index (χ2n) is 4.16. The summed E-state index contributed by atoms with van der Waals surface area (Å²) in [6.45, 7) is 0.447. The van der Waals surface area contributed by atoms with Crippen LogP contribution in [0.15, 0.2) is 18.2 Å². The van der Waals surface area contributed by atoms with Crippen LogP contribution in [0.25, 0.3) is 0 Å². The van der Waals surface area contributed by atoms with Crippen LogP contribution in [0.1, 0.15) is 31.2 Å². The molecule has 4 nitrogen and oxygen atoms in total. The molecule has 0 radical (unpaired) electrons. The summed E-state index contributed by atoms with van der Waals surface area (Å²) in [5.74, 6) is 0.153. The quantitative estimate of drug-likeness (QED) is 0.684. The molecule has 1 aromatic rings. The average Bonchev–Trinajstić information content (AvgIpc) is 2.74. The van der Waals surface area contributed by atoms with E-state index in [4.69, 9.17) is 9.94 Å². The fraction of sp³-hybridized carbons (Fsp3) is 0.500. The molecule has 1 saturated carbocycles. The Labute approximate surface area is 94.8 Å². The number of hydrogen-bond donors (Lipinski definition) is 3. The maximum absolute atomic E-state index is 9.53. The summed E-state index contributed by atoms with van der Waals surface area (Å²) < 4.78 is 0. The van der Waals surface area contributed by atoms with Gasteiger partial charge in [0.05, 0.1) is 6.10 Å². The van der Waals surface area contributed by atoms with E-state index in [2.05, 4.69) is 5.48 Å². The molecule has 0 bridgehead atoms. The number of rotatable bonds is 4. The Morgan fingerprint density at radius 1 is 1.25 bits per heavy atom. The van der Waals surface area contributed by atoms with Crippen LogP contribution in [-0.4, -0.2) is 16.3 Å². The number of phenolic OH excluding ortho intramolecular Hbond substituents is 2. The third-order valence-corrected chi connectivity index (χ3v) is 2.88. The van der Waals surface area contributed by atoms with Gasteiger partial charge < -0.3 is 10.2 Å². The topological polar surface area (TPSA) is 61.7 Å². The molecule has 0 amide bonds. The molecule has 0 heterocycles. The molecule has 2 rings (SSSR count). The van der Waals surface area contributed by atoms with Crippen molar-refractivity contribution in [3.8, 4) is 11.5 Å². The van der Waals surface area contributed by atoms with Gasteiger partial charge in [0.15, 0.2) is 0 Å². The third-order valence-electron chi connectivity index (χ3n) is 2.88. The van der Waals surface area contributed by atoms with E-state index in [1.807, 2.05) is 0 Å². The lowest BCUT2D eigenvalue weighted by Gasteiger charge is -2.12. The number of hydroxylamine groups is 1. The predicted molar refractivity (Wildman–Crippen MR) is 60.0 cm³/mol. The second-order valence-corrected chi connectivity index (χ2v) is 4.16. The highest BCUT2D eigenvalue weighted by molar-refractivity contribution is 5.38. The Hall–Kier alpha value is -1.26. The minimum atomic E-state index is 0.0676. The van der Waals surface area contributed by atoms with E-state index in [0.29, 0.717) is 12.6 Å². The highest BCUT2D eigenvalue weighted by Crippen LogP contribution is 2.23. The molecule has 0 aliphatic heterocycles. The first kappa shape index (κ1) is 11.2. The normalized spacial score (nSPS) is 16.8. The van der Waals surface area contributed by atoms with Gasteiger partial charge in [0, 0.05) is 18.2 Å². The summed E-state index contributed by atoms with van der Waals surface area (Å²) in [6, 6.07) is 4.55. The van der Waals surface area contributed by atoms with Crippen molar-refractivity contribution >= 4 is 0 Å². The molecule has 1 aromatic carbocycles. The van der Waals surface area contributed by atoms with Gasteiger partial charge in [-0.15, -0.1) is 0 Å². The number of aromatic hydroxyl groups is 2. The highest BCUT2D eigenvalue weighted by atomic mass is 16.7. The van der Waals surface area contributed by atoms with Crippen LogP contribution in [0, 0.1) is 0 Å². The van der Waals surface area contributed by atoms with Crippen molar-refractivity contribution in [2.75, 3.05) is 0 Å². The van der Waals surface area contributed by atoms with E-state index >= 15 is 0 Å². The molecule has 0 aromatic heterocycles. The molecule has 0 spiro atoms. The molecule has 1 aliphatic carbocycles. The van der Waals surface area contributed by atoms with Gasteiger partial charge in [0.2, 0.25) is 0 Å². The van der Waals surface area contributed by atoms with Gasteiger partial charge in [-0.2, -0.15) is 5.48 Å². The number of benzene rings is 1. The molecular formula is C12H17NO3. The van der Waals surface area contributed by atoms with Crippen molar-refractivity contribution in [2.45, 2.75) is 38.3 Å². The van der Waals surface area contributed by atoms with E-state index < -0.39 is 0 Å². The Morgan fingerprint density at radius 3 is 2.69 bits per heavy atom. The van der Waals surface area contributed by atoms with Crippen molar-refractivity contribution in [2.24, 2.45) is 0 Å². The molecule has 0 atom stereocenters. The molecule has 1 fully saturated rings. The predicted octanol–water partition coefficient (Wildman–Crippen LogP) is 2.06. The number of phenols is 2. The lowest BCUT2D eigenvalue weighted by Crippen LogP contribution is -2.21. The van der Waals surface area contributed by atoms with Gasteiger partial charge in [0.25, 0.3) is 0 Å². The SMILES string of the molecule is Oc1ccc(CNOC2CCCC2)c(O)c1. The van der Waals surface area contributed by atoms with Crippen molar-refractivity contribution < 1.29 is 15.1 Å². The summed E-state index contributed by atoms with van der Waals surface area (Å²) in [6.07, 6.45) is 4.98. The maximum atomic E-state index is 9.53. The number of hydrogen-bond acceptors (Lipinski definition) is 4. The molecule has 0 unspecified atom stereocenters. The van der Waals surface area contributed by atoms with E-state index in [9.17, 15) is 5.11 Å². The first-order chi connectivity index (χ1) is 7.75. The standard InChI is InChI=1S/C12H17NO3/c14-10-6-5-9(12(15)7-10)8-13-16-11-3-1-2-4-11/h5-7,11,13-15H,1-4,8H2. The van der Waals surface area contributed by atoms with Crippen molar-refractivity contribution in [1.82, 2.24) is 5.48 Å². The zero-order valence-electron chi connectivity index (χ0n) is 9.15. The number of nitrogens with one attached hydrogen (secondary N) is 1. The molecule has 3 N–H and O–H groups in total. The van der Waals surface area contributed by atoms with Crippen molar-refractivity contribution in [3.63, 3.8) is 0 Å². The summed E-state index contributed by atoms with van der Waals surface area (Å²) in [7, 11) is 0. The summed E-state index contributed by atoms with van der Waals surface area (Å²) >= 11 is 0.